The Morgan fingerprint density at radius 1 is 1.60 bits per heavy atom. The molecule has 0 aliphatic rings. The quantitative estimate of drug-likeness (QED) is 0.857. The predicted molar refractivity (Wildman–Crippen MR) is 56.5 cm³/mol. The zero-order chi connectivity index (χ0) is 11.7. The highest BCUT2D eigenvalue weighted by Gasteiger charge is 2.41. The van der Waals surface area contributed by atoms with Gasteiger partial charge in [-0.05, 0) is 13.8 Å². The molecule has 5 nitrogen and oxygen atoms in total. The van der Waals surface area contributed by atoms with Crippen molar-refractivity contribution in [3.8, 4) is 0 Å². The third-order valence-electron chi connectivity index (χ3n) is 2.11. The topological polar surface area (TPSA) is 84.3 Å². The Balaban J connectivity index is 2.99. The molecule has 0 fully saturated rings. The first kappa shape index (κ1) is 12.1. The molecule has 0 aliphatic heterocycles. The fourth-order valence-electron chi connectivity index (χ4n) is 0.814. The lowest BCUT2D eigenvalue weighted by atomic mass is 10.2. The maximum atomic E-state index is 11.8. The van der Waals surface area contributed by atoms with E-state index in [0.29, 0.717) is 4.88 Å². The number of carbonyl (C=O) groups is 1. The van der Waals surface area contributed by atoms with Gasteiger partial charge in [0, 0.05) is 11.1 Å². The van der Waals surface area contributed by atoms with Gasteiger partial charge in [-0.3, -0.25) is 9.78 Å². The van der Waals surface area contributed by atoms with Crippen molar-refractivity contribution >= 4 is 27.1 Å². The number of rotatable bonds is 4. The van der Waals surface area contributed by atoms with Crippen LogP contribution in [0.3, 0.4) is 0 Å². The van der Waals surface area contributed by atoms with E-state index in [0.717, 1.165) is 0 Å². The fraction of sp³-hybridized carbons (Fsp3) is 0.500. The maximum absolute atomic E-state index is 11.8. The molecule has 84 valence electrons. The lowest BCUT2D eigenvalue weighted by Gasteiger charge is -2.18. The van der Waals surface area contributed by atoms with Crippen LogP contribution in [0.1, 0.15) is 18.7 Å². The molecule has 0 spiro atoms. The Kier molecular flexibility index (Phi) is 3.15. The summed E-state index contributed by atoms with van der Waals surface area (Å²) in [7, 11) is -3.71. The molecule has 0 atom stereocenters. The SMILES string of the molecule is CC(C)(C(=O)O)S(=O)(=O)Cc1cncs1. The smallest absolute Gasteiger partial charge is 0.324 e. The van der Waals surface area contributed by atoms with Gasteiger partial charge in [-0.15, -0.1) is 11.3 Å². The second-order valence-electron chi connectivity index (χ2n) is 3.54. The summed E-state index contributed by atoms with van der Waals surface area (Å²) in [5.41, 5.74) is 1.51. The maximum Gasteiger partial charge on any atom is 0.324 e. The normalized spacial score (nSPS) is 12.7. The summed E-state index contributed by atoms with van der Waals surface area (Å²) in [6, 6.07) is 0. The van der Waals surface area contributed by atoms with Crippen LogP contribution in [0.15, 0.2) is 11.7 Å². The molecule has 0 bridgehead atoms. The van der Waals surface area contributed by atoms with Crippen molar-refractivity contribution < 1.29 is 18.3 Å². The molecule has 15 heavy (non-hydrogen) atoms. The second kappa shape index (κ2) is 3.90. The number of hydrogen-bond acceptors (Lipinski definition) is 5. The summed E-state index contributed by atoms with van der Waals surface area (Å²) in [6.45, 7) is 2.37. The molecule has 1 N–H and O–H groups in total. The van der Waals surface area contributed by atoms with Crippen LogP contribution in [0, 0.1) is 0 Å². The van der Waals surface area contributed by atoms with E-state index in [1.165, 1.54) is 36.9 Å². The predicted octanol–water partition coefficient (Wildman–Crippen LogP) is 0.921. The first-order valence-corrected chi connectivity index (χ1v) is 6.63. The summed E-state index contributed by atoms with van der Waals surface area (Å²) in [5, 5.41) is 8.81. The Hall–Kier alpha value is -0.950. The second-order valence-corrected chi connectivity index (χ2v) is 7.05. The van der Waals surface area contributed by atoms with E-state index >= 15 is 0 Å². The van der Waals surface area contributed by atoms with Crippen molar-refractivity contribution in [1.29, 1.82) is 0 Å². The molecule has 1 rings (SSSR count). The van der Waals surface area contributed by atoms with Gasteiger partial charge in [0.05, 0.1) is 11.3 Å². The van der Waals surface area contributed by atoms with Crippen LogP contribution in [-0.2, 0) is 20.4 Å². The molecule has 1 aromatic rings. The lowest BCUT2D eigenvalue weighted by molar-refractivity contribution is -0.139. The molecule has 0 amide bonds. The molecule has 1 heterocycles. The molecule has 1 aromatic heterocycles. The Morgan fingerprint density at radius 2 is 2.20 bits per heavy atom. The van der Waals surface area contributed by atoms with Gasteiger partial charge >= 0.3 is 5.97 Å². The number of carboxylic acids is 1. The molecule has 0 aromatic carbocycles. The highest BCUT2D eigenvalue weighted by Crippen LogP contribution is 2.22. The molecule has 0 unspecified atom stereocenters. The summed E-state index contributed by atoms with van der Waals surface area (Å²) in [4.78, 5) is 15.1. The van der Waals surface area contributed by atoms with E-state index in [9.17, 15) is 13.2 Å². The zero-order valence-corrected chi connectivity index (χ0v) is 9.93. The molecule has 0 saturated carbocycles. The third kappa shape index (κ3) is 2.35. The average Bonchev–Trinajstić information content (AvgIpc) is 2.55. The lowest BCUT2D eigenvalue weighted by Crippen LogP contribution is -2.41. The first-order valence-electron chi connectivity index (χ1n) is 4.10. The van der Waals surface area contributed by atoms with Gasteiger partial charge in [0.2, 0.25) is 0 Å². The Bertz CT molecular complexity index is 447. The number of carboxylic acid groups (broad SMARTS) is 1. The number of aromatic nitrogens is 1. The summed E-state index contributed by atoms with van der Waals surface area (Å²) in [6.07, 6.45) is 1.43. The van der Waals surface area contributed by atoms with E-state index in [1.807, 2.05) is 0 Å². The van der Waals surface area contributed by atoms with Crippen LogP contribution in [0.2, 0.25) is 0 Å². The van der Waals surface area contributed by atoms with Crippen LogP contribution in [0.5, 0.6) is 0 Å². The first-order chi connectivity index (χ1) is 6.77. The third-order valence-corrected chi connectivity index (χ3v) is 5.49. The van der Waals surface area contributed by atoms with Gasteiger partial charge in [-0.2, -0.15) is 0 Å². The fourth-order valence-corrected chi connectivity index (χ4v) is 3.01. The van der Waals surface area contributed by atoms with E-state index in [4.69, 9.17) is 5.11 Å². The average molecular weight is 249 g/mol. The summed E-state index contributed by atoms with van der Waals surface area (Å²) in [5.74, 6) is -1.62. The molecular formula is C8H11NO4S2. The molecular weight excluding hydrogens is 238 g/mol. The highest BCUT2D eigenvalue weighted by atomic mass is 32.2. The Labute approximate surface area is 91.7 Å². The van der Waals surface area contributed by atoms with E-state index in [-0.39, 0.29) is 5.75 Å². The van der Waals surface area contributed by atoms with E-state index < -0.39 is 20.6 Å². The number of aliphatic carboxylic acids is 1. The van der Waals surface area contributed by atoms with Gasteiger partial charge < -0.3 is 5.11 Å². The number of nitrogens with zero attached hydrogens (tertiary/aromatic N) is 1. The molecule has 0 radical (unpaired) electrons. The van der Waals surface area contributed by atoms with Crippen molar-refractivity contribution in [2.45, 2.75) is 24.3 Å². The van der Waals surface area contributed by atoms with Gasteiger partial charge in [-0.1, -0.05) is 0 Å². The Morgan fingerprint density at radius 3 is 2.60 bits per heavy atom. The van der Waals surface area contributed by atoms with Crippen molar-refractivity contribution in [3.63, 3.8) is 0 Å². The van der Waals surface area contributed by atoms with Crippen molar-refractivity contribution in [1.82, 2.24) is 4.98 Å². The standard InChI is InChI=1S/C8H11NO4S2/c1-8(2,7(10)11)15(12,13)4-6-3-9-5-14-6/h3,5H,4H2,1-2H3,(H,10,11). The summed E-state index contributed by atoms with van der Waals surface area (Å²) >= 11 is 1.19. The monoisotopic (exact) mass is 249 g/mol. The van der Waals surface area contributed by atoms with Crippen molar-refractivity contribution in [3.05, 3.63) is 16.6 Å². The van der Waals surface area contributed by atoms with Gasteiger partial charge in [0.1, 0.15) is 0 Å². The number of hydrogen-bond donors (Lipinski definition) is 1. The van der Waals surface area contributed by atoms with Crippen molar-refractivity contribution in [2.24, 2.45) is 0 Å². The van der Waals surface area contributed by atoms with Crippen LogP contribution < -0.4 is 0 Å². The largest absolute Gasteiger partial charge is 0.480 e. The minimum Gasteiger partial charge on any atom is -0.480 e. The van der Waals surface area contributed by atoms with Crippen LogP contribution >= 0.6 is 11.3 Å². The highest BCUT2D eigenvalue weighted by molar-refractivity contribution is 7.92. The van der Waals surface area contributed by atoms with Gasteiger partial charge in [0.25, 0.3) is 0 Å². The summed E-state index contributed by atoms with van der Waals surface area (Å²) < 4.78 is 21.8. The molecule has 0 saturated heterocycles. The molecule has 0 aliphatic carbocycles. The minimum atomic E-state index is -3.71. The van der Waals surface area contributed by atoms with Crippen LogP contribution in [0.4, 0.5) is 0 Å². The van der Waals surface area contributed by atoms with Gasteiger partial charge in [-0.25, -0.2) is 8.42 Å². The van der Waals surface area contributed by atoms with E-state index in [2.05, 4.69) is 4.98 Å². The molecule has 7 heteroatoms. The van der Waals surface area contributed by atoms with Gasteiger partial charge in [0.15, 0.2) is 14.6 Å². The van der Waals surface area contributed by atoms with Crippen LogP contribution in [0.25, 0.3) is 0 Å². The van der Waals surface area contributed by atoms with Crippen LogP contribution in [-0.4, -0.2) is 29.2 Å². The zero-order valence-electron chi connectivity index (χ0n) is 8.30. The number of sulfone groups is 1. The number of thiazole rings is 1. The van der Waals surface area contributed by atoms with E-state index in [1.54, 1.807) is 0 Å². The van der Waals surface area contributed by atoms with Crippen molar-refractivity contribution in [2.75, 3.05) is 0 Å². The minimum absolute atomic E-state index is 0.281.